The van der Waals surface area contributed by atoms with Crippen LogP contribution in [0.2, 0.25) is 0 Å². The van der Waals surface area contributed by atoms with Crippen LogP contribution in [0.3, 0.4) is 0 Å². The number of hydrogen-bond acceptors (Lipinski definition) is 4. The molecule has 1 aromatic heterocycles. The molecule has 0 amide bonds. The second-order valence-electron chi connectivity index (χ2n) is 11.8. The van der Waals surface area contributed by atoms with E-state index < -0.39 is 0 Å². The van der Waals surface area contributed by atoms with Gasteiger partial charge in [-0.2, -0.15) is 0 Å². The first-order valence-electron chi connectivity index (χ1n) is 15.7. The summed E-state index contributed by atoms with van der Waals surface area (Å²) in [6.07, 6.45) is -0.119. The van der Waals surface area contributed by atoms with E-state index in [0.29, 0.717) is 5.82 Å². The summed E-state index contributed by atoms with van der Waals surface area (Å²) in [6, 6.07) is 57.2. The Hall–Kier alpha value is -6.00. The van der Waals surface area contributed by atoms with Crippen LogP contribution < -0.4 is 9.64 Å². The molecule has 46 heavy (non-hydrogen) atoms. The zero-order valence-electron chi connectivity index (χ0n) is 25.0. The molecule has 0 radical (unpaired) electrons. The van der Waals surface area contributed by atoms with E-state index in [-0.39, 0.29) is 12.0 Å². The van der Waals surface area contributed by atoms with E-state index in [0.717, 1.165) is 50.9 Å². The highest BCUT2D eigenvalue weighted by Crippen LogP contribution is 2.57. The second kappa shape index (κ2) is 10.9. The SMILES string of the molecule is c1ccc(-c2cc(-c3cccc(N4c5ccccc5C5Oc6ccccc6C5c5ccccc54)c3)nc(-c3ccccc3)n2)cc1. The Kier molecular flexibility index (Phi) is 6.24. The molecule has 0 aliphatic carbocycles. The zero-order valence-corrected chi connectivity index (χ0v) is 25.0. The van der Waals surface area contributed by atoms with Gasteiger partial charge < -0.3 is 9.64 Å². The molecule has 3 heterocycles. The number of anilines is 3. The van der Waals surface area contributed by atoms with E-state index in [1.807, 2.05) is 36.4 Å². The Morgan fingerprint density at radius 2 is 1.02 bits per heavy atom. The summed E-state index contributed by atoms with van der Waals surface area (Å²) >= 11 is 0. The van der Waals surface area contributed by atoms with Crippen LogP contribution in [0.15, 0.2) is 164 Å². The maximum absolute atomic E-state index is 6.72. The van der Waals surface area contributed by atoms with Crippen molar-refractivity contribution >= 4 is 17.1 Å². The van der Waals surface area contributed by atoms with E-state index >= 15 is 0 Å². The van der Waals surface area contributed by atoms with Gasteiger partial charge in [-0.25, -0.2) is 9.97 Å². The molecule has 2 aliphatic rings. The van der Waals surface area contributed by atoms with Gasteiger partial charge in [0.2, 0.25) is 0 Å². The van der Waals surface area contributed by atoms with E-state index in [9.17, 15) is 0 Å². The standard InChI is InChI=1S/C42H29N3O/c1-3-14-28(15-4-1)35-27-36(44-42(43-35)29-16-5-2-6-17-29)30-18-13-19-31(26-30)45-37-23-10-7-20-32(37)40-34-22-9-12-25-39(34)46-41(40)33-21-8-11-24-38(33)45/h1-27,40-41H. The van der Waals surface area contributed by atoms with Crippen molar-refractivity contribution in [3.8, 4) is 39.7 Å². The Morgan fingerprint density at radius 1 is 0.457 bits per heavy atom. The highest BCUT2D eigenvalue weighted by atomic mass is 16.5. The van der Waals surface area contributed by atoms with Gasteiger partial charge in [0.1, 0.15) is 11.9 Å². The summed E-state index contributed by atoms with van der Waals surface area (Å²) in [5.41, 5.74) is 11.8. The van der Waals surface area contributed by atoms with Gasteiger partial charge in [-0.05, 0) is 42.0 Å². The van der Waals surface area contributed by atoms with Crippen LogP contribution >= 0.6 is 0 Å². The molecule has 0 saturated carbocycles. The molecule has 6 aromatic carbocycles. The summed E-state index contributed by atoms with van der Waals surface area (Å²) in [5.74, 6) is 1.76. The molecular weight excluding hydrogens is 562 g/mol. The molecule has 4 heteroatoms. The number of fused-ring (bicyclic) bond motifs is 7. The lowest BCUT2D eigenvalue weighted by Gasteiger charge is -2.28. The van der Waals surface area contributed by atoms with Crippen LogP contribution in [-0.2, 0) is 0 Å². The van der Waals surface area contributed by atoms with Crippen molar-refractivity contribution in [2.75, 3.05) is 4.90 Å². The quantitative estimate of drug-likeness (QED) is 0.204. The van der Waals surface area contributed by atoms with Crippen LogP contribution in [-0.4, -0.2) is 9.97 Å². The number of aromatic nitrogens is 2. The molecule has 0 spiro atoms. The largest absolute Gasteiger partial charge is 0.484 e. The predicted octanol–water partition coefficient (Wildman–Crippen LogP) is 10.5. The first-order valence-corrected chi connectivity index (χ1v) is 15.7. The summed E-state index contributed by atoms with van der Waals surface area (Å²) in [6.45, 7) is 0. The van der Waals surface area contributed by atoms with Gasteiger partial charge in [0.15, 0.2) is 5.82 Å². The van der Waals surface area contributed by atoms with Crippen LogP contribution in [0.5, 0.6) is 5.75 Å². The van der Waals surface area contributed by atoms with Crippen molar-refractivity contribution in [1.82, 2.24) is 9.97 Å². The average Bonchev–Trinajstić information content (AvgIpc) is 3.47. The average molecular weight is 592 g/mol. The summed E-state index contributed by atoms with van der Waals surface area (Å²) in [4.78, 5) is 12.5. The van der Waals surface area contributed by atoms with Crippen molar-refractivity contribution in [2.24, 2.45) is 0 Å². The van der Waals surface area contributed by atoms with E-state index in [4.69, 9.17) is 14.7 Å². The van der Waals surface area contributed by atoms with Crippen molar-refractivity contribution in [2.45, 2.75) is 12.0 Å². The third-order valence-corrected chi connectivity index (χ3v) is 9.04. The van der Waals surface area contributed by atoms with E-state index in [2.05, 4.69) is 132 Å². The Morgan fingerprint density at radius 3 is 1.78 bits per heavy atom. The highest BCUT2D eigenvalue weighted by Gasteiger charge is 2.42. The summed E-state index contributed by atoms with van der Waals surface area (Å²) in [5, 5.41) is 0. The Bertz CT molecular complexity index is 2160. The normalized spacial score (nSPS) is 16.0. The van der Waals surface area contributed by atoms with Gasteiger partial charge in [0, 0.05) is 33.5 Å². The first kappa shape index (κ1) is 26.4. The lowest BCUT2D eigenvalue weighted by atomic mass is 9.85. The lowest BCUT2D eigenvalue weighted by Crippen LogP contribution is -2.12. The molecule has 2 aliphatic heterocycles. The number of rotatable bonds is 4. The van der Waals surface area contributed by atoms with Crippen LogP contribution in [0.25, 0.3) is 33.9 Å². The Balaban J connectivity index is 1.23. The zero-order chi connectivity index (χ0) is 30.5. The van der Waals surface area contributed by atoms with Crippen LogP contribution in [0.4, 0.5) is 17.1 Å². The molecular formula is C42H29N3O. The minimum Gasteiger partial charge on any atom is -0.484 e. The van der Waals surface area contributed by atoms with E-state index in [1.54, 1.807) is 0 Å². The van der Waals surface area contributed by atoms with E-state index in [1.165, 1.54) is 16.7 Å². The van der Waals surface area contributed by atoms with Gasteiger partial charge >= 0.3 is 0 Å². The third kappa shape index (κ3) is 4.38. The molecule has 0 saturated heterocycles. The molecule has 4 nitrogen and oxygen atoms in total. The van der Waals surface area contributed by atoms with Gasteiger partial charge in [0.25, 0.3) is 0 Å². The molecule has 0 N–H and O–H groups in total. The minimum atomic E-state index is -0.119. The first-order chi connectivity index (χ1) is 22.8. The van der Waals surface area contributed by atoms with Gasteiger partial charge in [0.05, 0.1) is 28.7 Å². The topological polar surface area (TPSA) is 38.2 Å². The fourth-order valence-corrected chi connectivity index (χ4v) is 6.95. The second-order valence-corrected chi connectivity index (χ2v) is 11.8. The smallest absolute Gasteiger partial charge is 0.160 e. The van der Waals surface area contributed by atoms with Crippen molar-refractivity contribution in [1.29, 1.82) is 0 Å². The monoisotopic (exact) mass is 591 g/mol. The Labute approximate surface area is 268 Å². The number of ether oxygens (including phenoxy) is 1. The number of para-hydroxylation sites is 3. The summed E-state index contributed by atoms with van der Waals surface area (Å²) in [7, 11) is 0. The van der Waals surface area contributed by atoms with Gasteiger partial charge in [-0.1, -0.05) is 127 Å². The van der Waals surface area contributed by atoms with Crippen molar-refractivity contribution in [3.63, 3.8) is 0 Å². The number of nitrogens with zero attached hydrogens (tertiary/aromatic N) is 3. The minimum absolute atomic E-state index is 0.0884. The number of benzene rings is 6. The highest BCUT2D eigenvalue weighted by molar-refractivity contribution is 5.85. The number of hydrogen-bond donors (Lipinski definition) is 0. The summed E-state index contributed by atoms with van der Waals surface area (Å²) < 4.78 is 6.72. The molecule has 218 valence electrons. The maximum Gasteiger partial charge on any atom is 0.160 e. The molecule has 9 rings (SSSR count). The molecule has 2 unspecified atom stereocenters. The third-order valence-electron chi connectivity index (χ3n) is 9.04. The van der Waals surface area contributed by atoms with Crippen molar-refractivity contribution in [3.05, 3.63) is 180 Å². The maximum atomic E-state index is 6.72. The van der Waals surface area contributed by atoms with Gasteiger partial charge in [-0.3, -0.25) is 0 Å². The van der Waals surface area contributed by atoms with Crippen LogP contribution in [0, 0.1) is 0 Å². The fraction of sp³-hybridized carbons (Fsp3) is 0.0476. The fourth-order valence-electron chi connectivity index (χ4n) is 6.95. The molecule has 0 bridgehead atoms. The van der Waals surface area contributed by atoms with Gasteiger partial charge in [-0.15, -0.1) is 0 Å². The molecule has 7 aromatic rings. The molecule has 2 atom stereocenters. The predicted molar refractivity (Wildman–Crippen MR) is 185 cm³/mol. The van der Waals surface area contributed by atoms with Crippen molar-refractivity contribution < 1.29 is 4.74 Å². The lowest BCUT2D eigenvalue weighted by molar-refractivity contribution is 0.224. The molecule has 0 fully saturated rings. The van der Waals surface area contributed by atoms with Crippen LogP contribution in [0.1, 0.15) is 28.7 Å².